The quantitative estimate of drug-likeness (QED) is 0.0253. The fraction of sp³-hybridized carbons (Fsp3) is 0.515. The molecule has 11 atom stereocenters. The molecular formula is C66H90N4O22P2S2. The summed E-state index contributed by atoms with van der Waals surface area (Å²) < 4.78 is 142. The van der Waals surface area contributed by atoms with E-state index in [2.05, 4.69) is 10.6 Å². The number of aliphatic hydroxyl groups is 2. The number of amides is 2. The monoisotopic (exact) mass is 1420 g/mol. The lowest BCUT2D eigenvalue weighted by atomic mass is 10.0. The van der Waals surface area contributed by atoms with Gasteiger partial charge in [-0.2, -0.15) is 8.61 Å². The number of aliphatic hydroxyl groups excluding tert-OH is 2. The van der Waals surface area contributed by atoms with Gasteiger partial charge in [-0.3, -0.25) is 0 Å². The van der Waals surface area contributed by atoms with Crippen molar-refractivity contribution in [3.05, 3.63) is 139 Å². The molecule has 2 amide bonds. The lowest BCUT2D eigenvalue weighted by molar-refractivity contribution is -0.0909. The van der Waals surface area contributed by atoms with E-state index in [9.17, 15) is 50.7 Å². The van der Waals surface area contributed by atoms with E-state index in [1.807, 2.05) is 27.7 Å². The van der Waals surface area contributed by atoms with Crippen LogP contribution in [0.25, 0.3) is 0 Å². The highest BCUT2D eigenvalue weighted by Crippen LogP contribution is 2.43. The van der Waals surface area contributed by atoms with Crippen molar-refractivity contribution in [2.24, 2.45) is 23.7 Å². The van der Waals surface area contributed by atoms with Crippen LogP contribution >= 0.6 is 14.7 Å². The molecule has 4 saturated heterocycles. The standard InChI is InChI=1S/C35H45N2O12PS.C31H45N2O10PS/c1-24(2)20-37(51(42,43)29-15-13-26(44-3)14-16-29)21-32(38)31(36-35(39)48-33-22-46-34-30(33)17-18-45-34)19-25-9-11-27(12-10-25)47-23-50(40,41)49-28-7-5-4-6-8-28;1-21(2)17-33(45(37,38)25-12-10-23(39-3)11-13-25)18-28(34)27(16-22-6-8-24(9-7-22)42-20-44(4,5)36)32-31(35)43-29-19-41-30-26(29)14-15-40-30/h4-16,24,30-34,38H,17-23H2,1-3H3,(H,36,39)(H,40,41);6-13,21,26-30,34H,14-20H2,1-5H3,(H,32,35)/t30?,31-,32+,33-,34+;26?,27-,28+,29-,30+/m00/s1. The maximum Gasteiger partial charge on any atom is 0.413 e. The molecule has 0 saturated carbocycles. The van der Waals surface area contributed by atoms with E-state index in [4.69, 9.17) is 51.9 Å². The Morgan fingerprint density at radius 3 is 1.30 bits per heavy atom. The number of methoxy groups -OCH3 is 2. The van der Waals surface area contributed by atoms with Gasteiger partial charge in [0.05, 0.1) is 86.6 Å². The minimum absolute atomic E-state index is 0.0341. The fourth-order valence-electron chi connectivity index (χ4n) is 11.1. The molecule has 0 radical (unpaired) electrons. The molecule has 4 heterocycles. The number of rotatable bonds is 32. The largest absolute Gasteiger partial charge is 0.497 e. The smallest absolute Gasteiger partial charge is 0.413 e. The molecule has 26 nitrogen and oxygen atoms in total. The number of para-hydroxylation sites is 1. The number of nitrogens with zero attached hydrogens (tertiary/aromatic N) is 2. The molecule has 0 spiro atoms. The Morgan fingerprint density at radius 2 is 0.927 bits per heavy atom. The van der Waals surface area contributed by atoms with Crippen LogP contribution in [0, 0.1) is 23.7 Å². The Hall–Kier alpha value is -6.36. The van der Waals surface area contributed by atoms with Gasteiger partial charge in [-0.15, -0.1) is 0 Å². The zero-order chi connectivity index (χ0) is 69.4. The van der Waals surface area contributed by atoms with Crippen molar-refractivity contribution < 1.29 is 103 Å². The lowest BCUT2D eigenvalue weighted by Gasteiger charge is -2.31. The summed E-state index contributed by atoms with van der Waals surface area (Å²) in [5.41, 5.74) is 1.41. The number of nitrogens with one attached hydrogen (secondary N) is 2. The van der Waals surface area contributed by atoms with Gasteiger partial charge in [0.25, 0.3) is 0 Å². The maximum atomic E-state index is 13.8. The van der Waals surface area contributed by atoms with E-state index in [0.29, 0.717) is 48.9 Å². The van der Waals surface area contributed by atoms with E-state index in [0.717, 1.165) is 5.56 Å². The van der Waals surface area contributed by atoms with Crippen LogP contribution in [0.5, 0.6) is 28.7 Å². The first kappa shape index (κ1) is 75.4. The summed E-state index contributed by atoms with van der Waals surface area (Å²) in [4.78, 5) is 36.7. The van der Waals surface area contributed by atoms with Gasteiger partial charge in [0.2, 0.25) is 20.0 Å². The SMILES string of the molecule is COc1ccc(S(=O)(=O)N(CC(C)C)C[C@@H](O)[C@H](Cc2ccc(OCP(=O)(O)Oc3ccccc3)cc2)NC(=O)O[C@H]2CO[C@H]3OCCC32)cc1.COc1ccc(S(=O)(=O)N(CC(C)C)C[C@@H](O)[C@H](Cc2ccc(OCP(C)(C)=O)cc2)NC(=O)O[C@H]2CO[C@H]3OCCC32)cc1. The second-order valence-corrected chi connectivity index (χ2v) is 34.2. The highest BCUT2D eigenvalue weighted by atomic mass is 32.2. The van der Waals surface area contributed by atoms with Gasteiger partial charge in [-0.25, -0.2) is 31.0 Å². The van der Waals surface area contributed by atoms with Crippen molar-refractivity contribution in [1.82, 2.24) is 19.2 Å². The first-order valence-corrected chi connectivity index (χ1v) is 39.1. The van der Waals surface area contributed by atoms with E-state index in [-0.39, 0.29) is 104 Å². The number of fused-ring (bicyclic) bond motifs is 2. The molecule has 3 unspecified atom stereocenters. The molecule has 5 aromatic rings. The Kier molecular flexibility index (Phi) is 27.0. The van der Waals surface area contributed by atoms with Crippen LogP contribution in [0.2, 0.25) is 0 Å². The van der Waals surface area contributed by atoms with Crippen molar-refractivity contribution in [2.45, 2.75) is 112 Å². The Balaban J connectivity index is 0.000000248. The number of carbonyl (C=O) groups excluding carboxylic acids is 2. The summed E-state index contributed by atoms with van der Waals surface area (Å²) in [6.07, 6.45) is -4.88. The number of ether oxygens (including phenoxy) is 10. The first-order chi connectivity index (χ1) is 45.6. The van der Waals surface area contributed by atoms with Crippen LogP contribution < -0.4 is 34.1 Å². The van der Waals surface area contributed by atoms with E-state index < -0.39 is 102 Å². The summed E-state index contributed by atoms with van der Waals surface area (Å²) in [6, 6.07) is 31.9. The zero-order valence-corrected chi connectivity index (χ0v) is 58.6. The third kappa shape index (κ3) is 22.1. The van der Waals surface area contributed by atoms with E-state index in [1.54, 1.807) is 116 Å². The molecule has 96 heavy (non-hydrogen) atoms. The van der Waals surface area contributed by atoms with Crippen LogP contribution in [0.3, 0.4) is 0 Å². The zero-order valence-electron chi connectivity index (χ0n) is 55.2. The predicted molar refractivity (Wildman–Crippen MR) is 355 cm³/mol. The molecule has 4 aliphatic rings. The average molecular weight is 1420 g/mol. The minimum atomic E-state index is -4.12. The maximum absolute atomic E-state index is 13.8. The molecular weight excluding hydrogens is 1330 g/mol. The normalized spacial score (nSPS) is 21.2. The molecule has 4 aliphatic heterocycles. The van der Waals surface area contributed by atoms with Crippen molar-refractivity contribution in [1.29, 1.82) is 0 Å². The highest BCUT2D eigenvalue weighted by molar-refractivity contribution is 7.89. The van der Waals surface area contributed by atoms with E-state index in [1.165, 1.54) is 47.1 Å². The number of carbonyl (C=O) groups is 2. The van der Waals surface area contributed by atoms with Gasteiger partial charge < -0.3 is 82.2 Å². The number of alkyl carbamates (subject to hydrolysis) is 2. The van der Waals surface area contributed by atoms with Gasteiger partial charge in [-0.1, -0.05) is 70.2 Å². The topological polar surface area (TPSA) is 329 Å². The summed E-state index contributed by atoms with van der Waals surface area (Å²) in [5.74, 6) is 1.79. The van der Waals surface area contributed by atoms with Crippen molar-refractivity contribution >= 4 is 47.0 Å². The molecule has 0 aliphatic carbocycles. The van der Waals surface area contributed by atoms with Crippen LogP contribution in [0.15, 0.2) is 137 Å². The van der Waals surface area contributed by atoms with Gasteiger partial charge >= 0.3 is 19.8 Å². The number of benzene rings is 5. The van der Waals surface area contributed by atoms with Gasteiger partial charge in [0.1, 0.15) is 54.4 Å². The predicted octanol–water partition coefficient (Wildman–Crippen LogP) is 8.16. The Labute approximate surface area is 562 Å². The van der Waals surface area contributed by atoms with Crippen LogP contribution in [-0.4, -0.2) is 195 Å². The highest BCUT2D eigenvalue weighted by Gasteiger charge is 2.46. The molecule has 5 N–H and O–H groups in total. The average Bonchev–Trinajstić information content (AvgIpc) is 1.31. The number of hydrogen-bond donors (Lipinski definition) is 5. The third-order valence-corrected chi connectivity index (χ3v) is 21.4. The molecule has 30 heteroatoms. The van der Waals surface area contributed by atoms with Crippen LogP contribution in [-0.2, 0) is 70.4 Å². The van der Waals surface area contributed by atoms with Crippen LogP contribution in [0.1, 0.15) is 51.7 Å². The molecule has 9 rings (SSSR count). The van der Waals surface area contributed by atoms with Gasteiger partial charge in [-0.05, 0) is 147 Å². The van der Waals surface area contributed by atoms with Crippen molar-refractivity contribution in [3.63, 3.8) is 0 Å². The summed E-state index contributed by atoms with van der Waals surface area (Å²) >= 11 is 0. The van der Waals surface area contributed by atoms with E-state index >= 15 is 0 Å². The Morgan fingerprint density at radius 1 is 0.542 bits per heavy atom. The first-order valence-electron chi connectivity index (χ1n) is 31.7. The number of hydrogen-bond acceptors (Lipinski definition) is 21. The second-order valence-electron chi connectivity index (χ2n) is 25.2. The Bertz CT molecular complexity index is 3610. The van der Waals surface area contributed by atoms with Crippen molar-refractivity contribution in [2.75, 3.05) is 92.9 Å². The van der Waals surface area contributed by atoms with Crippen molar-refractivity contribution in [3.8, 4) is 28.7 Å². The number of sulfonamides is 2. The minimum Gasteiger partial charge on any atom is -0.497 e. The van der Waals surface area contributed by atoms with Gasteiger partial charge in [0, 0.05) is 26.2 Å². The molecule has 0 bridgehead atoms. The molecule has 0 aromatic heterocycles. The molecule has 5 aromatic carbocycles. The lowest BCUT2D eigenvalue weighted by Crippen LogP contribution is -2.51. The van der Waals surface area contributed by atoms with Crippen LogP contribution in [0.4, 0.5) is 9.59 Å². The summed E-state index contributed by atoms with van der Waals surface area (Å²) in [6.45, 7) is 11.9. The summed E-state index contributed by atoms with van der Waals surface area (Å²) in [7, 11) is -11.6. The fourth-order valence-corrected chi connectivity index (χ4v) is 15.7. The molecule has 528 valence electrons. The van der Waals surface area contributed by atoms with Gasteiger partial charge in [0.15, 0.2) is 18.9 Å². The summed E-state index contributed by atoms with van der Waals surface area (Å²) in [5, 5.41) is 28.7. The second kappa shape index (κ2) is 34.4. The molecule has 4 fully saturated rings. The third-order valence-electron chi connectivity index (χ3n) is 16.0.